The maximum absolute atomic E-state index is 11.8. The summed E-state index contributed by atoms with van der Waals surface area (Å²) in [6.07, 6.45) is 3.35. The van der Waals surface area contributed by atoms with E-state index in [0.29, 0.717) is 13.0 Å². The highest BCUT2D eigenvalue weighted by Gasteiger charge is 2.26. The maximum atomic E-state index is 11.8. The van der Waals surface area contributed by atoms with Gasteiger partial charge >= 0.3 is 0 Å². The van der Waals surface area contributed by atoms with Gasteiger partial charge in [-0.05, 0) is 35.4 Å². The van der Waals surface area contributed by atoms with Crippen molar-refractivity contribution >= 4 is 16.8 Å². The molecule has 3 aromatic rings. The van der Waals surface area contributed by atoms with Gasteiger partial charge in [0.25, 0.3) is 0 Å². The molecule has 1 unspecified atom stereocenters. The van der Waals surface area contributed by atoms with E-state index in [9.17, 15) is 4.79 Å². The number of carbonyl (C=O) groups is 1. The first kappa shape index (κ1) is 16.6. The van der Waals surface area contributed by atoms with Gasteiger partial charge in [0.2, 0.25) is 5.91 Å². The normalized spacial score (nSPS) is 16.8. The predicted octanol–water partition coefficient (Wildman–Crippen LogP) is 4.29. The van der Waals surface area contributed by atoms with E-state index >= 15 is 0 Å². The van der Waals surface area contributed by atoms with Crippen molar-refractivity contribution in [1.82, 2.24) is 9.88 Å². The second-order valence-corrected chi connectivity index (χ2v) is 6.66. The number of ether oxygens (including phenoxy) is 1. The lowest BCUT2D eigenvalue weighted by molar-refractivity contribution is -0.130. The third-order valence-corrected chi connectivity index (χ3v) is 4.90. The van der Waals surface area contributed by atoms with Crippen LogP contribution in [0.25, 0.3) is 22.0 Å². The molecule has 0 radical (unpaired) electrons. The van der Waals surface area contributed by atoms with Crippen LogP contribution < -0.4 is 4.74 Å². The number of hydrogen-bond donors (Lipinski definition) is 0. The first-order valence-corrected chi connectivity index (χ1v) is 9.12. The summed E-state index contributed by atoms with van der Waals surface area (Å²) in [6, 6.07) is 18.5. The molecule has 0 aliphatic carbocycles. The number of pyridine rings is 1. The van der Waals surface area contributed by atoms with Crippen LogP contribution in [-0.2, 0) is 4.79 Å². The van der Waals surface area contributed by atoms with Crippen LogP contribution in [-0.4, -0.2) is 35.0 Å². The highest BCUT2D eigenvalue weighted by atomic mass is 16.5. The van der Waals surface area contributed by atoms with Crippen molar-refractivity contribution in [2.24, 2.45) is 0 Å². The van der Waals surface area contributed by atoms with Crippen molar-refractivity contribution in [3.63, 3.8) is 0 Å². The van der Waals surface area contributed by atoms with Crippen molar-refractivity contribution in [2.75, 3.05) is 13.1 Å². The summed E-state index contributed by atoms with van der Waals surface area (Å²) in [5.74, 6) is 1.06. The number of carbonyl (C=O) groups excluding carboxylic acids is 1. The minimum Gasteiger partial charge on any atom is -0.489 e. The Morgan fingerprint density at radius 3 is 2.77 bits per heavy atom. The van der Waals surface area contributed by atoms with Crippen LogP contribution in [0.2, 0.25) is 0 Å². The first-order valence-electron chi connectivity index (χ1n) is 9.12. The SMILES string of the molecule is CCC(=O)N1CCC(Oc2ccc(-c3ccc4cccnc4c3)cc2)C1. The van der Waals surface area contributed by atoms with Crippen molar-refractivity contribution in [2.45, 2.75) is 25.9 Å². The Labute approximate surface area is 153 Å². The lowest BCUT2D eigenvalue weighted by atomic mass is 10.0. The fourth-order valence-electron chi connectivity index (χ4n) is 3.44. The van der Waals surface area contributed by atoms with Crippen molar-refractivity contribution < 1.29 is 9.53 Å². The topological polar surface area (TPSA) is 42.4 Å². The molecule has 2 aromatic carbocycles. The summed E-state index contributed by atoms with van der Waals surface area (Å²) >= 11 is 0. The highest BCUT2D eigenvalue weighted by Crippen LogP contribution is 2.26. The van der Waals surface area contributed by atoms with Gasteiger partial charge in [-0.3, -0.25) is 9.78 Å². The Balaban J connectivity index is 1.45. The number of benzene rings is 2. The molecule has 1 aliphatic rings. The Kier molecular flexibility index (Phi) is 4.57. The molecule has 0 bridgehead atoms. The van der Waals surface area contributed by atoms with Crippen LogP contribution in [0.4, 0.5) is 0 Å². The molecule has 0 saturated carbocycles. The van der Waals surface area contributed by atoms with Gasteiger partial charge in [-0.1, -0.05) is 37.3 Å². The summed E-state index contributed by atoms with van der Waals surface area (Å²) in [5.41, 5.74) is 3.28. The van der Waals surface area contributed by atoms with E-state index in [1.54, 1.807) is 0 Å². The molecule has 4 heteroatoms. The summed E-state index contributed by atoms with van der Waals surface area (Å²) in [7, 11) is 0. The molecule has 2 heterocycles. The van der Waals surface area contributed by atoms with E-state index in [4.69, 9.17) is 4.74 Å². The molecule has 0 spiro atoms. The molecule has 1 saturated heterocycles. The van der Waals surface area contributed by atoms with E-state index in [1.807, 2.05) is 36.2 Å². The average Bonchev–Trinajstić information content (AvgIpc) is 3.16. The van der Waals surface area contributed by atoms with Crippen LogP contribution in [0.3, 0.4) is 0 Å². The summed E-state index contributed by atoms with van der Waals surface area (Å²) in [4.78, 5) is 18.1. The molecule has 1 aromatic heterocycles. The van der Waals surface area contributed by atoms with Gasteiger partial charge in [-0.15, -0.1) is 0 Å². The molecule has 4 rings (SSSR count). The van der Waals surface area contributed by atoms with E-state index in [1.165, 1.54) is 0 Å². The second kappa shape index (κ2) is 7.16. The van der Waals surface area contributed by atoms with Gasteiger partial charge in [-0.25, -0.2) is 0 Å². The minimum absolute atomic E-state index is 0.0845. The molecule has 1 fully saturated rings. The number of nitrogens with zero attached hydrogens (tertiary/aromatic N) is 2. The molecule has 26 heavy (non-hydrogen) atoms. The van der Waals surface area contributed by atoms with Crippen molar-refractivity contribution in [3.8, 4) is 16.9 Å². The molecular formula is C22H22N2O2. The Morgan fingerprint density at radius 2 is 1.96 bits per heavy atom. The number of likely N-dealkylation sites (tertiary alicyclic amines) is 1. The maximum Gasteiger partial charge on any atom is 0.222 e. The third-order valence-electron chi connectivity index (χ3n) is 4.90. The molecule has 4 nitrogen and oxygen atoms in total. The van der Waals surface area contributed by atoms with E-state index in [-0.39, 0.29) is 12.0 Å². The Hall–Kier alpha value is -2.88. The third kappa shape index (κ3) is 3.40. The zero-order chi connectivity index (χ0) is 17.9. The predicted molar refractivity (Wildman–Crippen MR) is 103 cm³/mol. The summed E-state index contributed by atoms with van der Waals surface area (Å²) < 4.78 is 6.06. The lowest BCUT2D eigenvalue weighted by Crippen LogP contribution is -2.30. The summed E-state index contributed by atoms with van der Waals surface area (Å²) in [5, 5.41) is 1.14. The van der Waals surface area contributed by atoms with E-state index in [0.717, 1.165) is 40.7 Å². The molecule has 0 N–H and O–H groups in total. The lowest BCUT2D eigenvalue weighted by Gasteiger charge is -2.16. The van der Waals surface area contributed by atoms with Crippen molar-refractivity contribution in [1.29, 1.82) is 0 Å². The standard InChI is InChI=1S/C22H22N2O2/c1-2-22(25)24-13-11-20(15-24)26-19-9-7-16(8-10-19)18-6-5-17-4-3-12-23-21(17)14-18/h3-10,12,14,20H,2,11,13,15H2,1H3. The van der Waals surface area contributed by atoms with Crippen LogP contribution in [0.5, 0.6) is 5.75 Å². The first-order chi connectivity index (χ1) is 12.7. The molecule has 132 valence electrons. The van der Waals surface area contributed by atoms with Crippen LogP contribution in [0.1, 0.15) is 19.8 Å². The van der Waals surface area contributed by atoms with Gasteiger partial charge in [0.15, 0.2) is 0 Å². The minimum atomic E-state index is 0.0845. The molecular weight excluding hydrogens is 324 g/mol. The van der Waals surface area contributed by atoms with Gasteiger partial charge in [-0.2, -0.15) is 0 Å². The number of rotatable bonds is 4. The van der Waals surface area contributed by atoms with Crippen LogP contribution in [0, 0.1) is 0 Å². The molecule has 1 atom stereocenters. The van der Waals surface area contributed by atoms with Crippen molar-refractivity contribution in [3.05, 3.63) is 60.8 Å². The second-order valence-electron chi connectivity index (χ2n) is 6.66. The quantitative estimate of drug-likeness (QED) is 0.708. The number of hydrogen-bond acceptors (Lipinski definition) is 3. The van der Waals surface area contributed by atoms with Gasteiger partial charge in [0.1, 0.15) is 11.9 Å². The zero-order valence-corrected chi connectivity index (χ0v) is 14.9. The van der Waals surface area contributed by atoms with Gasteiger partial charge in [0, 0.05) is 31.0 Å². The monoisotopic (exact) mass is 346 g/mol. The average molecular weight is 346 g/mol. The largest absolute Gasteiger partial charge is 0.489 e. The zero-order valence-electron chi connectivity index (χ0n) is 14.9. The fourth-order valence-corrected chi connectivity index (χ4v) is 3.44. The van der Waals surface area contributed by atoms with E-state index < -0.39 is 0 Å². The summed E-state index contributed by atoms with van der Waals surface area (Å²) in [6.45, 7) is 3.38. The number of aromatic nitrogens is 1. The van der Waals surface area contributed by atoms with E-state index in [2.05, 4.69) is 41.4 Å². The number of fused-ring (bicyclic) bond motifs is 1. The van der Waals surface area contributed by atoms with Crippen LogP contribution >= 0.6 is 0 Å². The van der Waals surface area contributed by atoms with Gasteiger partial charge < -0.3 is 9.64 Å². The Morgan fingerprint density at radius 1 is 1.15 bits per heavy atom. The molecule has 1 amide bonds. The smallest absolute Gasteiger partial charge is 0.222 e. The Bertz CT molecular complexity index is 921. The van der Waals surface area contributed by atoms with Gasteiger partial charge in [0.05, 0.1) is 12.1 Å². The fraction of sp³-hybridized carbons (Fsp3) is 0.273. The van der Waals surface area contributed by atoms with Crippen LogP contribution in [0.15, 0.2) is 60.8 Å². The highest BCUT2D eigenvalue weighted by molar-refractivity contribution is 5.84. The molecule has 1 aliphatic heterocycles. The number of amides is 1.